The van der Waals surface area contributed by atoms with Crippen LogP contribution in [0.3, 0.4) is 0 Å². The highest BCUT2D eigenvalue weighted by atomic mass is 35.5. The molecule has 5 nitrogen and oxygen atoms in total. The lowest BCUT2D eigenvalue weighted by molar-refractivity contribution is 0.257. The van der Waals surface area contributed by atoms with Crippen molar-refractivity contribution in [1.29, 1.82) is 0 Å². The average molecular weight is 307 g/mol. The van der Waals surface area contributed by atoms with Gasteiger partial charge < -0.3 is 5.11 Å². The summed E-state index contributed by atoms with van der Waals surface area (Å²) in [5.74, 6) is 0.0577. The number of hydrogen-bond donors (Lipinski definition) is 2. The predicted octanol–water partition coefficient (Wildman–Crippen LogP) is 2.36. The van der Waals surface area contributed by atoms with E-state index in [0.717, 1.165) is 19.3 Å². The number of halogens is 1. The minimum atomic E-state index is -0.629. The molecule has 0 atom stereocenters. The molecule has 2 N–H and O–H groups in total. The van der Waals surface area contributed by atoms with Crippen LogP contribution in [0.2, 0.25) is 5.02 Å². The van der Waals surface area contributed by atoms with Gasteiger partial charge >= 0.3 is 5.69 Å². The van der Waals surface area contributed by atoms with Crippen molar-refractivity contribution in [2.75, 3.05) is 0 Å². The number of nitrogens with one attached hydrogen (secondary N) is 1. The summed E-state index contributed by atoms with van der Waals surface area (Å²) in [5.41, 5.74) is -0.754. The van der Waals surface area contributed by atoms with Crippen molar-refractivity contribution in [1.82, 2.24) is 9.55 Å². The third-order valence-electron chi connectivity index (χ3n) is 3.98. The second kappa shape index (κ2) is 5.41. The number of aromatic hydroxyl groups is 1. The zero-order chi connectivity index (χ0) is 15.0. The summed E-state index contributed by atoms with van der Waals surface area (Å²) in [7, 11) is 0. The van der Waals surface area contributed by atoms with Crippen LogP contribution in [0.4, 0.5) is 0 Å². The third-order valence-corrected chi connectivity index (χ3v) is 4.31. The molecule has 1 aliphatic rings. The Morgan fingerprint density at radius 3 is 2.62 bits per heavy atom. The maximum Gasteiger partial charge on any atom is 0.331 e. The predicted molar refractivity (Wildman–Crippen MR) is 80.8 cm³/mol. The molecule has 1 aliphatic carbocycles. The standard InChI is InChI=1S/C15H15ClN2O3/c16-11-7-2-1-6-10(11)12-13(19)17-15(21)18(14(12)20)8-9-4-3-5-9/h1-2,6-7,9,20H,3-5,8H2,(H,17,19,21). The van der Waals surface area contributed by atoms with E-state index in [1.54, 1.807) is 24.3 Å². The van der Waals surface area contributed by atoms with E-state index < -0.39 is 11.2 Å². The van der Waals surface area contributed by atoms with E-state index in [2.05, 4.69) is 4.98 Å². The molecule has 6 heteroatoms. The van der Waals surface area contributed by atoms with Crippen molar-refractivity contribution in [3.63, 3.8) is 0 Å². The molecule has 0 radical (unpaired) electrons. The lowest BCUT2D eigenvalue weighted by Gasteiger charge is -2.26. The molecule has 1 heterocycles. The fourth-order valence-electron chi connectivity index (χ4n) is 2.57. The van der Waals surface area contributed by atoms with Crippen molar-refractivity contribution in [2.24, 2.45) is 5.92 Å². The highest BCUT2D eigenvalue weighted by molar-refractivity contribution is 6.33. The molecule has 0 unspecified atom stereocenters. The van der Waals surface area contributed by atoms with Gasteiger partial charge in [0, 0.05) is 17.1 Å². The molecule has 0 amide bonds. The topological polar surface area (TPSA) is 75.1 Å². The second-order valence-corrected chi connectivity index (χ2v) is 5.75. The molecule has 0 bridgehead atoms. The highest BCUT2D eigenvalue weighted by Crippen LogP contribution is 2.32. The summed E-state index contributed by atoms with van der Waals surface area (Å²) in [6, 6.07) is 6.74. The molecule has 1 aromatic heterocycles. The smallest absolute Gasteiger partial charge is 0.331 e. The maximum absolute atomic E-state index is 12.0. The normalized spacial score (nSPS) is 14.9. The third kappa shape index (κ3) is 2.49. The van der Waals surface area contributed by atoms with E-state index in [-0.39, 0.29) is 11.4 Å². The monoisotopic (exact) mass is 306 g/mol. The Hall–Kier alpha value is -2.01. The van der Waals surface area contributed by atoms with Crippen molar-refractivity contribution in [2.45, 2.75) is 25.8 Å². The van der Waals surface area contributed by atoms with Crippen LogP contribution in [-0.4, -0.2) is 14.7 Å². The van der Waals surface area contributed by atoms with Crippen molar-refractivity contribution in [3.8, 4) is 17.0 Å². The molecule has 1 saturated carbocycles. The first-order chi connectivity index (χ1) is 10.1. The minimum absolute atomic E-state index is 0.0412. The quantitative estimate of drug-likeness (QED) is 0.914. The number of H-pyrrole nitrogens is 1. The first kappa shape index (κ1) is 13.9. The number of hydrogen-bond acceptors (Lipinski definition) is 3. The lowest BCUT2D eigenvalue weighted by Crippen LogP contribution is -2.34. The van der Waals surface area contributed by atoms with Gasteiger partial charge in [-0.2, -0.15) is 0 Å². The first-order valence-corrected chi connectivity index (χ1v) is 7.26. The van der Waals surface area contributed by atoms with Crippen molar-refractivity contribution >= 4 is 11.6 Å². The van der Waals surface area contributed by atoms with E-state index in [0.29, 0.717) is 23.0 Å². The Morgan fingerprint density at radius 1 is 1.29 bits per heavy atom. The Bertz CT molecular complexity index is 790. The molecule has 3 rings (SSSR count). The summed E-state index contributed by atoms with van der Waals surface area (Å²) >= 11 is 6.09. The zero-order valence-electron chi connectivity index (χ0n) is 11.3. The molecule has 0 aliphatic heterocycles. The Labute approximate surface area is 125 Å². The fourth-order valence-corrected chi connectivity index (χ4v) is 2.80. The molecule has 21 heavy (non-hydrogen) atoms. The fraction of sp³-hybridized carbons (Fsp3) is 0.333. The van der Waals surface area contributed by atoms with Gasteiger partial charge in [0.05, 0.1) is 0 Å². The Balaban J connectivity index is 2.16. The summed E-state index contributed by atoms with van der Waals surface area (Å²) in [4.78, 5) is 26.2. The molecule has 110 valence electrons. The summed E-state index contributed by atoms with van der Waals surface area (Å²) in [5, 5.41) is 10.7. The molecule has 0 saturated heterocycles. The van der Waals surface area contributed by atoms with Gasteiger partial charge in [-0.3, -0.25) is 14.3 Å². The van der Waals surface area contributed by atoms with E-state index >= 15 is 0 Å². The summed E-state index contributed by atoms with van der Waals surface area (Å²) in [6.45, 7) is 0.416. The average Bonchev–Trinajstić information content (AvgIpc) is 2.38. The Morgan fingerprint density at radius 2 is 2.00 bits per heavy atom. The first-order valence-electron chi connectivity index (χ1n) is 6.89. The minimum Gasteiger partial charge on any atom is -0.494 e. The number of nitrogens with zero attached hydrogens (tertiary/aromatic N) is 1. The van der Waals surface area contributed by atoms with Gasteiger partial charge in [0.2, 0.25) is 5.88 Å². The van der Waals surface area contributed by atoms with E-state index in [1.807, 2.05) is 0 Å². The van der Waals surface area contributed by atoms with Crippen molar-refractivity contribution < 1.29 is 5.11 Å². The molecule has 0 spiro atoms. The molecule has 2 aromatic rings. The van der Waals surface area contributed by atoms with Crippen LogP contribution in [0.1, 0.15) is 19.3 Å². The molecular weight excluding hydrogens is 292 g/mol. The van der Waals surface area contributed by atoms with Gasteiger partial charge in [0.1, 0.15) is 5.56 Å². The van der Waals surface area contributed by atoms with E-state index in [1.165, 1.54) is 4.57 Å². The van der Waals surface area contributed by atoms with Gasteiger partial charge in [-0.15, -0.1) is 0 Å². The van der Waals surface area contributed by atoms with Crippen LogP contribution in [0, 0.1) is 5.92 Å². The van der Waals surface area contributed by atoms with Crippen LogP contribution in [-0.2, 0) is 6.54 Å². The largest absolute Gasteiger partial charge is 0.494 e. The van der Waals surface area contributed by atoms with Gasteiger partial charge in [0.25, 0.3) is 5.56 Å². The van der Waals surface area contributed by atoms with Gasteiger partial charge in [-0.05, 0) is 24.8 Å². The summed E-state index contributed by atoms with van der Waals surface area (Å²) in [6.07, 6.45) is 3.21. The van der Waals surface area contributed by atoms with Crippen LogP contribution < -0.4 is 11.2 Å². The van der Waals surface area contributed by atoms with Gasteiger partial charge in [-0.25, -0.2) is 4.79 Å². The number of benzene rings is 1. The molecule has 1 fully saturated rings. The van der Waals surface area contributed by atoms with Crippen LogP contribution in [0.25, 0.3) is 11.1 Å². The van der Waals surface area contributed by atoms with E-state index in [9.17, 15) is 14.7 Å². The highest BCUT2D eigenvalue weighted by Gasteiger charge is 2.23. The lowest BCUT2D eigenvalue weighted by atomic mass is 9.85. The zero-order valence-corrected chi connectivity index (χ0v) is 12.1. The number of aromatic nitrogens is 2. The SMILES string of the molecule is O=c1[nH]c(=O)n(CC2CCC2)c(O)c1-c1ccccc1Cl. The summed E-state index contributed by atoms with van der Waals surface area (Å²) < 4.78 is 1.23. The Kier molecular flexibility index (Phi) is 3.59. The van der Waals surface area contributed by atoms with Gasteiger partial charge in [0.15, 0.2) is 0 Å². The van der Waals surface area contributed by atoms with Gasteiger partial charge in [-0.1, -0.05) is 36.2 Å². The number of aromatic amines is 1. The van der Waals surface area contributed by atoms with Crippen LogP contribution >= 0.6 is 11.6 Å². The van der Waals surface area contributed by atoms with E-state index in [4.69, 9.17) is 11.6 Å². The van der Waals surface area contributed by atoms with Crippen LogP contribution in [0.5, 0.6) is 5.88 Å². The van der Waals surface area contributed by atoms with Crippen LogP contribution in [0.15, 0.2) is 33.9 Å². The maximum atomic E-state index is 12.0. The number of rotatable bonds is 3. The molecule has 1 aromatic carbocycles. The van der Waals surface area contributed by atoms with Crippen molar-refractivity contribution in [3.05, 3.63) is 50.1 Å². The second-order valence-electron chi connectivity index (χ2n) is 5.35. The molecular formula is C15H15ClN2O3.